The van der Waals surface area contributed by atoms with E-state index in [-0.39, 0.29) is 30.6 Å². The van der Waals surface area contributed by atoms with Gasteiger partial charge in [-0.05, 0) is 33.7 Å². The van der Waals surface area contributed by atoms with Gasteiger partial charge in [-0.25, -0.2) is 9.59 Å². The van der Waals surface area contributed by atoms with Crippen LogP contribution in [0.25, 0.3) is 11.1 Å². The molecule has 40 heavy (non-hydrogen) atoms. The summed E-state index contributed by atoms with van der Waals surface area (Å²) in [6.07, 6.45) is -0.316. The fourth-order valence-corrected chi connectivity index (χ4v) is 4.92. The molecule has 3 unspecified atom stereocenters. The predicted octanol–water partition coefficient (Wildman–Crippen LogP) is 4.66. The zero-order valence-corrected chi connectivity index (χ0v) is 22.2. The van der Waals surface area contributed by atoms with Crippen molar-refractivity contribution in [2.45, 2.75) is 44.7 Å². The highest BCUT2D eigenvalue weighted by atomic mass is 16.6. The number of nitrogens with one attached hydrogen (secondary N) is 2. The predicted molar refractivity (Wildman–Crippen MR) is 148 cm³/mol. The van der Waals surface area contributed by atoms with Gasteiger partial charge in [0.25, 0.3) is 5.69 Å². The Morgan fingerprint density at radius 2 is 1.52 bits per heavy atom. The quantitative estimate of drug-likeness (QED) is 0.234. The zero-order valence-electron chi connectivity index (χ0n) is 22.2. The summed E-state index contributed by atoms with van der Waals surface area (Å²) in [6.45, 7) is 3.71. The van der Waals surface area contributed by atoms with Crippen molar-refractivity contribution in [3.8, 4) is 11.1 Å². The smallest absolute Gasteiger partial charge is 0.407 e. The summed E-state index contributed by atoms with van der Waals surface area (Å²) >= 11 is 0. The van der Waals surface area contributed by atoms with Crippen LogP contribution in [0.2, 0.25) is 0 Å². The van der Waals surface area contributed by atoms with Gasteiger partial charge in [-0.2, -0.15) is 0 Å². The topological polar surface area (TPSA) is 148 Å². The number of ether oxygens (including phenoxy) is 1. The summed E-state index contributed by atoms with van der Waals surface area (Å²) in [5.74, 6) is -2.38. The average Bonchev–Trinajstić information content (AvgIpc) is 3.27. The largest absolute Gasteiger partial charge is 0.480 e. The van der Waals surface area contributed by atoms with E-state index in [4.69, 9.17) is 4.74 Å². The first-order valence-corrected chi connectivity index (χ1v) is 13.1. The number of nitro groups is 1. The number of hydrogen-bond acceptors (Lipinski definition) is 6. The summed E-state index contributed by atoms with van der Waals surface area (Å²) in [5, 5.41) is 25.7. The van der Waals surface area contributed by atoms with Crippen LogP contribution in [0, 0.1) is 16.0 Å². The van der Waals surface area contributed by atoms with Crippen molar-refractivity contribution in [2.75, 3.05) is 6.61 Å². The van der Waals surface area contributed by atoms with Gasteiger partial charge in [0.2, 0.25) is 5.91 Å². The van der Waals surface area contributed by atoms with E-state index in [1.807, 2.05) is 55.5 Å². The molecule has 0 radical (unpaired) electrons. The molecule has 10 heteroatoms. The van der Waals surface area contributed by atoms with Gasteiger partial charge in [-0.15, -0.1) is 0 Å². The van der Waals surface area contributed by atoms with Crippen molar-refractivity contribution in [1.82, 2.24) is 10.6 Å². The summed E-state index contributed by atoms with van der Waals surface area (Å²) in [5.41, 5.74) is 4.69. The van der Waals surface area contributed by atoms with Crippen LogP contribution in [0.1, 0.15) is 42.9 Å². The maximum Gasteiger partial charge on any atom is 0.407 e. The third-order valence-corrected chi connectivity index (χ3v) is 7.31. The number of aliphatic carboxylic acids is 1. The maximum absolute atomic E-state index is 13.2. The lowest BCUT2D eigenvalue weighted by atomic mass is 9.97. The molecule has 1 aliphatic rings. The monoisotopic (exact) mass is 545 g/mol. The molecular weight excluding hydrogens is 514 g/mol. The van der Waals surface area contributed by atoms with Gasteiger partial charge in [0, 0.05) is 24.5 Å². The fraction of sp³-hybridized carbons (Fsp3) is 0.300. The third-order valence-electron chi connectivity index (χ3n) is 7.31. The van der Waals surface area contributed by atoms with Crippen LogP contribution in [0.4, 0.5) is 10.5 Å². The minimum atomic E-state index is -1.30. The maximum atomic E-state index is 13.2. The van der Waals surface area contributed by atoms with Crippen molar-refractivity contribution >= 4 is 23.7 Å². The molecular formula is C30H31N3O7. The Labute approximate surface area is 231 Å². The molecule has 4 rings (SSSR count). The van der Waals surface area contributed by atoms with Crippen LogP contribution in [0.3, 0.4) is 0 Å². The summed E-state index contributed by atoms with van der Waals surface area (Å²) < 4.78 is 5.59. The van der Waals surface area contributed by atoms with E-state index in [0.717, 1.165) is 22.3 Å². The molecule has 0 saturated heterocycles. The highest BCUT2D eigenvalue weighted by Gasteiger charge is 2.32. The average molecular weight is 546 g/mol. The second kappa shape index (κ2) is 12.4. The van der Waals surface area contributed by atoms with Crippen molar-refractivity contribution in [3.05, 3.63) is 99.6 Å². The van der Waals surface area contributed by atoms with Gasteiger partial charge in [-0.1, -0.05) is 80.9 Å². The van der Waals surface area contributed by atoms with E-state index < -0.39 is 35.0 Å². The molecule has 0 aromatic heterocycles. The van der Waals surface area contributed by atoms with Crippen molar-refractivity contribution in [1.29, 1.82) is 0 Å². The molecule has 0 bridgehead atoms. The Kier molecular flexibility index (Phi) is 8.78. The number of nitrogens with zero attached hydrogens (tertiary/aromatic N) is 1. The highest BCUT2D eigenvalue weighted by molar-refractivity contribution is 5.89. The van der Waals surface area contributed by atoms with Gasteiger partial charge in [0.15, 0.2) is 0 Å². The lowest BCUT2D eigenvalue weighted by Crippen LogP contribution is -2.54. The molecule has 0 fully saturated rings. The van der Waals surface area contributed by atoms with Crippen LogP contribution in [-0.4, -0.2) is 46.7 Å². The number of hydrogen-bond donors (Lipinski definition) is 3. The summed E-state index contributed by atoms with van der Waals surface area (Å²) in [7, 11) is 0. The molecule has 3 atom stereocenters. The Morgan fingerprint density at radius 3 is 2.05 bits per heavy atom. The van der Waals surface area contributed by atoms with Crippen molar-refractivity contribution < 1.29 is 29.2 Å². The number of amides is 2. The number of carboxylic acids is 1. The first-order valence-electron chi connectivity index (χ1n) is 13.1. The summed E-state index contributed by atoms with van der Waals surface area (Å²) in [6, 6.07) is 19.0. The third kappa shape index (κ3) is 6.28. The van der Waals surface area contributed by atoms with E-state index in [1.54, 1.807) is 6.92 Å². The Balaban J connectivity index is 1.41. The first kappa shape index (κ1) is 28.3. The first-order chi connectivity index (χ1) is 19.2. The Bertz CT molecular complexity index is 1360. The lowest BCUT2D eigenvalue weighted by molar-refractivity contribution is -0.384. The minimum absolute atomic E-state index is 0.0760. The minimum Gasteiger partial charge on any atom is -0.480 e. The van der Waals surface area contributed by atoms with Gasteiger partial charge in [0.05, 0.1) is 4.92 Å². The fourth-order valence-electron chi connectivity index (χ4n) is 4.92. The van der Waals surface area contributed by atoms with Gasteiger partial charge < -0.3 is 20.5 Å². The summed E-state index contributed by atoms with van der Waals surface area (Å²) in [4.78, 5) is 48.3. The van der Waals surface area contributed by atoms with Crippen LogP contribution in [-0.2, 0) is 20.7 Å². The second-order valence-corrected chi connectivity index (χ2v) is 9.86. The molecule has 3 aromatic carbocycles. The molecule has 0 saturated carbocycles. The molecule has 3 aromatic rings. The van der Waals surface area contributed by atoms with Gasteiger partial charge in [-0.3, -0.25) is 14.9 Å². The van der Waals surface area contributed by atoms with Crippen LogP contribution >= 0.6 is 0 Å². The van der Waals surface area contributed by atoms with Gasteiger partial charge >= 0.3 is 12.1 Å². The van der Waals surface area contributed by atoms with E-state index in [0.29, 0.717) is 12.0 Å². The number of rotatable bonds is 11. The molecule has 208 valence electrons. The Morgan fingerprint density at radius 1 is 0.950 bits per heavy atom. The van der Waals surface area contributed by atoms with Crippen molar-refractivity contribution in [2.24, 2.45) is 5.92 Å². The van der Waals surface area contributed by atoms with E-state index >= 15 is 0 Å². The van der Waals surface area contributed by atoms with Gasteiger partial charge in [0.1, 0.15) is 18.7 Å². The number of benzene rings is 3. The molecule has 1 aliphatic carbocycles. The number of non-ortho nitro benzene ring substituents is 1. The van der Waals surface area contributed by atoms with Crippen LogP contribution in [0.5, 0.6) is 0 Å². The van der Waals surface area contributed by atoms with Crippen LogP contribution in [0.15, 0.2) is 72.8 Å². The number of nitro benzene ring substituents is 1. The number of alkyl carbamates (subject to hydrolysis) is 1. The molecule has 2 amide bonds. The second-order valence-electron chi connectivity index (χ2n) is 9.86. The molecule has 0 heterocycles. The Hall–Kier alpha value is -4.73. The molecule has 3 N–H and O–H groups in total. The van der Waals surface area contributed by atoms with E-state index in [2.05, 4.69) is 10.6 Å². The lowest BCUT2D eigenvalue weighted by Gasteiger charge is -2.25. The van der Waals surface area contributed by atoms with Crippen LogP contribution < -0.4 is 10.6 Å². The SMILES string of the molecule is CCC(C)C(NC(=O)OCC1c2ccccc2-c2ccccc21)C(=O)NC(Cc1ccc([N+](=O)[O-])cc1)C(=O)O. The normalized spacial score (nSPS) is 14.2. The highest BCUT2D eigenvalue weighted by Crippen LogP contribution is 2.44. The zero-order chi connectivity index (χ0) is 28.8. The number of carboxylic acid groups (broad SMARTS) is 1. The van der Waals surface area contributed by atoms with E-state index in [9.17, 15) is 29.6 Å². The van der Waals surface area contributed by atoms with Crippen molar-refractivity contribution in [3.63, 3.8) is 0 Å². The van der Waals surface area contributed by atoms with E-state index in [1.165, 1.54) is 24.3 Å². The molecule has 0 aliphatic heterocycles. The number of carbonyl (C=O) groups excluding carboxylic acids is 2. The molecule has 10 nitrogen and oxygen atoms in total. The number of fused-ring (bicyclic) bond motifs is 3. The molecule has 0 spiro atoms. The number of carbonyl (C=O) groups is 3. The standard InChI is InChI=1S/C30H31N3O7/c1-3-18(2)27(28(34)31-26(29(35)36)16-19-12-14-20(15-13-19)33(38)39)32-30(37)40-17-25-23-10-6-4-8-21(23)22-9-5-7-11-24(22)25/h4-15,18,25-27H,3,16-17H2,1-2H3,(H,31,34)(H,32,37)(H,35,36).